The minimum absolute atomic E-state index is 0.235. The molecule has 0 unspecified atom stereocenters. The molecule has 2 amide bonds. The zero-order chi connectivity index (χ0) is 18.2. The second kappa shape index (κ2) is 8.84. The van der Waals surface area contributed by atoms with Crippen LogP contribution in [0.5, 0.6) is 0 Å². The molecule has 2 heterocycles. The highest BCUT2D eigenvalue weighted by molar-refractivity contribution is 7.12. The quantitative estimate of drug-likeness (QED) is 0.506. The molecule has 0 saturated carbocycles. The summed E-state index contributed by atoms with van der Waals surface area (Å²) in [6, 6.07) is 14.4. The molecule has 0 aliphatic heterocycles. The second-order valence-electron chi connectivity index (χ2n) is 5.02. The third kappa shape index (κ3) is 4.95. The Hall–Kier alpha value is -3.10. The van der Waals surface area contributed by atoms with Crippen LogP contribution < -0.4 is 10.9 Å². The largest absolute Gasteiger partial charge is 0.281 e. The Kier molecular flexibility index (Phi) is 6.02. The van der Waals surface area contributed by atoms with Crippen molar-refractivity contribution in [3.05, 3.63) is 80.2 Å². The van der Waals surface area contributed by atoms with E-state index in [1.54, 1.807) is 24.6 Å². The lowest BCUT2D eigenvalue weighted by atomic mass is 10.2. The van der Waals surface area contributed by atoms with Crippen LogP contribution in [-0.4, -0.2) is 24.2 Å². The Morgan fingerprint density at radius 1 is 0.731 bits per heavy atom. The number of benzene rings is 1. The van der Waals surface area contributed by atoms with Gasteiger partial charge in [0, 0.05) is 0 Å². The topological polar surface area (TPSA) is 82.9 Å². The summed E-state index contributed by atoms with van der Waals surface area (Å²) in [5.41, 5.74) is 6.61. The van der Waals surface area contributed by atoms with Gasteiger partial charge in [0.25, 0.3) is 11.8 Å². The summed E-state index contributed by atoms with van der Waals surface area (Å²) in [7, 11) is 0. The van der Waals surface area contributed by atoms with Crippen LogP contribution >= 0.6 is 22.7 Å². The van der Waals surface area contributed by atoms with E-state index in [0.717, 1.165) is 11.1 Å². The summed E-state index contributed by atoms with van der Waals surface area (Å²) in [6.07, 6.45) is 3.12. The van der Waals surface area contributed by atoms with E-state index in [9.17, 15) is 9.59 Å². The van der Waals surface area contributed by atoms with Crippen molar-refractivity contribution in [3.63, 3.8) is 0 Å². The summed E-state index contributed by atoms with van der Waals surface area (Å²) in [6.45, 7) is 0. The summed E-state index contributed by atoms with van der Waals surface area (Å²) in [5, 5.41) is 11.5. The number of hydrazone groups is 2. The molecule has 130 valence electrons. The molecular weight excluding hydrogens is 368 g/mol. The minimum atomic E-state index is -0.235. The van der Waals surface area contributed by atoms with Gasteiger partial charge in [0.1, 0.15) is 0 Å². The van der Waals surface area contributed by atoms with Crippen molar-refractivity contribution in [1.82, 2.24) is 10.9 Å². The van der Waals surface area contributed by atoms with E-state index in [1.807, 2.05) is 47.2 Å². The molecular formula is C18H14N4O2S2. The molecule has 0 fully saturated rings. The molecule has 0 aliphatic carbocycles. The van der Waals surface area contributed by atoms with Gasteiger partial charge in [0.05, 0.1) is 22.2 Å². The molecule has 3 rings (SSSR count). The first-order valence-electron chi connectivity index (χ1n) is 7.56. The van der Waals surface area contributed by atoms with Gasteiger partial charge >= 0.3 is 0 Å². The van der Waals surface area contributed by atoms with Crippen molar-refractivity contribution in [2.45, 2.75) is 0 Å². The number of amides is 2. The van der Waals surface area contributed by atoms with Gasteiger partial charge in [0.15, 0.2) is 0 Å². The summed E-state index contributed by atoms with van der Waals surface area (Å²) >= 11 is 2.72. The summed E-state index contributed by atoms with van der Waals surface area (Å²) < 4.78 is 0. The Morgan fingerprint density at radius 2 is 1.15 bits per heavy atom. The van der Waals surface area contributed by atoms with Crippen molar-refractivity contribution in [2.24, 2.45) is 10.2 Å². The van der Waals surface area contributed by atoms with Gasteiger partial charge < -0.3 is 0 Å². The number of hydrogen-bond acceptors (Lipinski definition) is 6. The smallest absolute Gasteiger partial charge is 0.266 e. The van der Waals surface area contributed by atoms with Gasteiger partial charge in [-0.1, -0.05) is 36.4 Å². The molecule has 3 aromatic rings. The zero-order valence-corrected chi connectivity index (χ0v) is 15.1. The highest BCUT2D eigenvalue weighted by atomic mass is 32.1. The zero-order valence-electron chi connectivity index (χ0n) is 13.5. The van der Waals surface area contributed by atoms with E-state index in [1.165, 1.54) is 22.7 Å². The maximum absolute atomic E-state index is 11.7. The number of nitrogens with zero attached hydrogens (tertiary/aromatic N) is 2. The third-order valence-electron chi connectivity index (χ3n) is 3.19. The van der Waals surface area contributed by atoms with E-state index in [4.69, 9.17) is 0 Å². The number of carbonyl (C=O) groups is 2. The molecule has 0 saturated heterocycles. The third-order valence-corrected chi connectivity index (χ3v) is 4.92. The van der Waals surface area contributed by atoms with E-state index in [-0.39, 0.29) is 11.8 Å². The first-order valence-corrected chi connectivity index (χ1v) is 9.32. The van der Waals surface area contributed by atoms with Crippen LogP contribution in [0, 0.1) is 0 Å². The predicted octanol–water partition coefficient (Wildman–Crippen LogP) is 3.34. The lowest BCUT2D eigenvalue weighted by Gasteiger charge is -1.98. The molecule has 0 bridgehead atoms. The van der Waals surface area contributed by atoms with Crippen LogP contribution in [0.4, 0.5) is 0 Å². The van der Waals surface area contributed by atoms with Crippen LogP contribution in [0.1, 0.15) is 30.5 Å². The molecule has 0 atom stereocenters. The minimum Gasteiger partial charge on any atom is -0.266 e. The molecule has 1 aromatic carbocycles. The lowest BCUT2D eigenvalue weighted by Crippen LogP contribution is -2.16. The molecule has 2 aromatic heterocycles. The van der Waals surface area contributed by atoms with E-state index in [2.05, 4.69) is 21.1 Å². The van der Waals surface area contributed by atoms with Gasteiger partial charge in [-0.05, 0) is 34.0 Å². The van der Waals surface area contributed by atoms with Crippen molar-refractivity contribution in [3.8, 4) is 0 Å². The summed E-state index contributed by atoms with van der Waals surface area (Å²) in [4.78, 5) is 24.7. The van der Waals surface area contributed by atoms with Crippen molar-refractivity contribution in [1.29, 1.82) is 0 Å². The number of thiophene rings is 2. The maximum atomic E-state index is 11.7. The highest BCUT2D eigenvalue weighted by Gasteiger charge is 2.04. The van der Waals surface area contributed by atoms with Crippen LogP contribution in [0.2, 0.25) is 0 Å². The number of carbonyl (C=O) groups excluding carboxylic acids is 2. The van der Waals surface area contributed by atoms with E-state index >= 15 is 0 Å². The summed E-state index contributed by atoms with van der Waals surface area (Å²) in [5.74, 6) is -0.469. The highest BCUT2D eigenvalue weighted by Crippen LogP contribution is 2.08. The molecule has 26 heavy (non-hydrogen) atoms. The fourth-order valence-corrected chi connectivity index (χ4v) is 3.15. The molecule has 0 spiro atoms. The number of rotatable bonds is 6. The van der Waals surface area contributed by atoms with Gasteiger partial charge in [-0.25, -0.2) is 10.9 Å². The number of nitrogens with one attached hydrogen (secondary N) is 2. The predicted molar refractivity (Wildman–Crippen MR) is 105 cm³/mol. The lowest BCUT2D eigenvalue weighted by molar-refractivity contribution is 0.0951. The molecule has 0 aliphatic rings. The van der Waals surface area contributed by atoms with Crippen molar-refractivity contribution >= 4 is 46.9 Å². The normalized spacial score (nSPS) is 11.1. The average Bonchev–Trinajstić information content (AvgIpc) is 3.37. The Labute approximate surface area is 157 Å². The van der Waals surface area contributed by atoms with Gasteiger partial charge in [-0.2, -0.15) is 10.2 Å². The standard InChI is InChI=1S/C18H14N4O2S2/c23-17(15-3-1-9-25-15)21-19-11-13-5-7-14(8-6-13)12-20-22-18(24)16-4-2-10-26-16/h1-12H,(H,21,23)(H,22,24)/b19-11+,20-12+. The van der Waals surface area contributed by atoms with Crippen molar-refractivity contribution < 1.29 is 9.59 Å². The monoisotopic (exact) mass is 382 g/mol. The van der Waals surface area contributed by atoms with Gasteiger partial charge in [0.2, 0.25) is 0 Å². The second-order valence-corrected chi connectivity index (χ2v) is 6.91. The van der Waals surface area contributed by atoms with Crippen LogP contribution in [0.15, 0.2) is 69.5 Å². The van der Waals surface area contributed by atoms with Gasteiger partial charge in [-0.3, -0.25) is 9.59 Å². The fraction of sp³-hybridized carbons (Fsp3) is 0. The van der Waals surface area contributed by atoms with Gasteiger partial charge in [-0.15, -0.1) is 22.7 Å². The Morgan fingerprint density at radius 3 is 1.50 bits per heavy atom. The average molecular weight is 382 g/mol. The van der Waals surface area contributed by atoms with E-state index in [0.29, 0.717) is 9.75 Å². The first kappa shape index (κ1) is 17.7. The molecule has 2 N–H and O–H groups in total. The SMILES string of the molecule is O=C(N/N=C/c1ccc(/C=N/NC(=O)c2cccs2)cc1)c1cccs1. The Bertz CT molecular complexity index is 838. The Balaban J connectivity index is 1.50. The van der Waals surface area contributed by atoms with E-state index < -0.39 is 0 Å². The molecule has 8 heteroatoms. The number of hydrogen-bond donors (Lipinski definition) is 2. The van der Waals surface area contributed by atoms with Crippen LogP contribution in [-0.2, 0) is 0 Å². The van der Waals surface area contributed by atoms with Crippen molar-refractivity contribution in [2.75, 3.05) is 0 Å². The first-order chi connectivity index (χ1) is 12.7. The maximum Gasteiger partial charge on any atom is 0.281 e. The molecule has 0 radical (unpaired) electrons. The molecule has 6 nitrogen and oxygen atoms in total. The van der Waals surface area contributed by atoms with Crippen LogP contribution in [0.3, 0.4) is 0 Å². The fourth-order valence-electron chi connectivity index (χ4n) is 1.92. The van der Waals surface area contributed by atoms with Crippen LogP contribution in [0.25, 0.3) is 0 Å².